The molecule has 2 aromatic carbocycles. The Hall–Kier alpha value is -1.05. The summed E-state index contributed by atoms with van der Waals surface area (Å²) in [6.07, 6.45) is -4.43. The lowest BCUT2D eigenvalue weighted by Gasteiger charge is -2.14. The smallest absolute Gasteiger partial charge is 0.416 e. The van der Waals surface area contributed by atoms with Crippen LogP contribution in [0.25, 0.3) is 0 Å². The van der Waals surface area contributed by atoms with Crippen LogP contribution >= 0.6 is 31.9 Å². The van der Waals surface area contributed by atoms with Crippen LogP contribution in [0.15, 0.2) is 45.3 Å². The largest absolute Gasteiger partial charge is 0.456 e. The SMILES string of the molecule is NCc1cc(Oc2ccc(Br)cc2Br)ccc1C(F)(F)F. The number of hydrogen-bond donors (Lipinski definition) is 1. The van der Waals surface area contributed by atoms with Crippen molar-refractivity contribution in [3.05, 3.63) is 56.5 Å². The third-order valence-corrected chi connectivity index (χ3v) is 3.84. The van der Waals surface area contributed by atoms with Crippen LogP contribution in [-0.2, 0) is 12.7 Å². The lowest BCUT2D eigenvalue weighted by atomic mass is 10.1. The first-order valence-corrected chi connectivity index (χ1v) is 7.43. The molecule has 0 amide bonds. The normalized spacial score (nSPS) is 11.5. The van der Waals surface area contributed by atoms with E-state index in [2.05, 4.69) is 31.9 Å². The summed E-state index contributed by atoms with van der Waals surface area (Å²) in [6, 6.07) is 8.81. The molecule has 21 heavy (non-hydrogen) atoms. The molecular formula is C14H10Br2F3NO. The highest BCUT2D eigenvalue weighted by Crippen LogP contribution is 2.36. The fourth-order valence-corrected chi connectivity index (χ4v) is 2.89. The summed E-state index contributed by atoms with van der Waals surface area (Å²) < 4.78 is 45.5. The minimum absolute atomic E-state index is 0.00626. The van der Waals surface area contributed by atoms with Crippen LogP contribution in [-0.4, -0.2) is 0 Å². The van der Waals surface area contributed by atoms with E-state index in [1.54, 1.807) is 18.2 Å². The highest BCUT2D eigenvalue weighted by Gasteiger charge is 2.33. The van der Waals surface area contributed by atoms with Crippen molar-refractivity contribution >= 4 is 31.9 Å². The van der Waals surface area contributed by atoms with Crippen molar-refractivity contribution in [3.63, 3.8) is 0 Å². The summed E-state index contributed by atoms with van der Waals surface area (Å²) in [4.78, 5) is 0. The van der Waals surface area contributed by atoms with Crippen LogP contribution in [0.5, 0.6) is 11.5 Å². The van der Waals surface area contributed by atoms with Crippen molar-refractivity contribution < 1.29 is 17.9 Å². The minimum Gasteiger partial charge on any atom is -0.456 e. The molecule has 0 bridgehead atoms. The summed E-state index contributed by atoms with van der Waals surface area (Å²) in [5, 5.41) is 0. The van der Waals surface area contributed by atoms with Gasteiger partial charge in [-0.05, 0) is 57.9 Å². The molecule has 0 saturated carbocycles. The molecule has 0 radical (unpaired) electrons. The molecule has 0 aromatic heterocycles. The van der Waals surface area contributed by atoms with Gasteiger partial charge in [0.05, 0.1) is 10.0 Å². The molecule has 7 heteroatoms. The molecule has 2 nitrogen and oxygen atoms in total. The van der Waals surface area contributed by atoms with E-state index < -0.39 is 11.7 Å². The van der Waals surface area contributed by atoms with Gasteiger partial charge in [-0.2, -0.15) is 13.2 Å². The van der Waals surface area contributed by atoms with Crippen molar-refractivity contribution in [1.29, 1.82) is 0 Å². The second-order valence-electron chi connectivity index (χ2n) is 4.20. The molecular weight excluding hydrogens is 415 g/mol. The van der Waals surface area contributed by atoms with Gasteiger partial charge < -0.3 is 10.5 Å². The molecule has 0 unspecified atom stereocenters. The molecule has 0 saturated heterocycles. The Morgan fingerprint density at radius 1 is 1.05 bits per heavy atom. The Morgan fingerprint density at radius 2 is 1.76 bits per heavy atom. The van der Waals surface area contributed by atoms with Gasteiger partial charge in [0.15, 0.2) is 0 Å². The molecule has 2 aromatic rings. The Balaban J connectivity index is 2.33. The van der Waals surface area contributed by atoms with Crippen LogP contribution in [0.2, 0.25) is 0 Å². The number of alkyl halides is 3. The van der Waals surface area contributed by atoms with Gasteiger partial charge in [-0.3, -0.25) is 0 Å². The Kier molecular flexibility index (Phi) is 4.95. The van der Waals surface area contributed by atoms with E-state index in [1.807, 2.05) is 0 Å². The molecule has 0 aliphatic rings. The van der Waals surface area contributed by atoms with Crippen molar-refractivity contribution in [2.24, 2.45) is 5.73 Å². The van der Waals surface area contributed by atoms with Gasteiger partial charge in [-0.1, -0.05) is 15.9 Å². The van der Waals surface area contributed by atoms with Crippen LogP contribution in [0.4, 0.5) is 13.2 Å². The van der Waals surface area contributed by atoms with Gasteiger partial charge >= 0.3 is 6.18 Å². The first-order valence-electron chi connectivity index (χ1n) is 5.84. The third kappa shape index (κ3) is 3.99. The number of rotatable bonds is 3. The maximum atomic E-state index is 12.8. The summed E-state index contributed by atoms with van der Waals surface area (Å²) in [6.45, 7) is -0.215. The molecule has 0 aliphatic heterocycles. The summed E-state index contributed by atoms with van der Waals surface area (Å²) in [5.74, 6) is 0.799. The van der Waals surface area contributed by atoms with Gasteiger partial charge in [0.2, 0.25) is 0 Å². The summed E-state index contributed by atoms with van der Waals surface area (Å²) >= 11 is 6.64. The van der Waals surface area contributed by atoms with Gasteiger partial charge in [0.25, 0.3) is 0 Å². The lowest BCUT2D eigenvalue weighted by Crippen LogP contribution is -2.11. The monoisotopic (exact) mass is 423 g/mol. The molecule has 0 heterocycles. The van der Waals surface area contributed by atoms with Crippen molar-refractivity contribution in [3.8, 4) is 11.5 Å². The molecule has 0 aliphatic carbocycles. The zero-order valence-electron chi connectivity index (χ0n) is 10.5. The second kappa shape index (κ2) is 6.37. The van der Waals surface area contributed by atoms with Crippen LogP contribution in [0, 0.1) is 0 Å². The molecule has 2 N–H and O–H groups in total. The fraction of sp³-hybridized carbons (Fsp3) is 0.143. The molecule has 0 spiro atoms. The van der Waals surface area contributed by atoms with Crippen molar-refractivity contribution in [2.75, 3.05) is 0 Å². The number of ether oxygens (including phenoxy) is 1. The zero-order valence-corrected chi connectivity index (χ0v) is 13.7. The summed E-state index contributed by atoms with van der Waals surface area (Å²) in [5.41, 5.74) is 4.64. The topological polar surface area (TPSA) is 35.2 Å². The average Bonchev–Trinajstić information content (AvgIpc) is 2.40. The van der Waals surface area contributed by atoms with E-state index in [0.29, 0.717) is 16.0 Å². The second-order valence-corrected chi connectivity index (χ2v) is 5.97. The predicted molar refractivity (Wildman–Crippen MR) is 81.3 cm³/mol. The van der Waals surface area contributed by atoms with Crippen LogP contribution in [0.1, 0.15) is 11.1 Å². The summed E-state index contributed by atoms with van der Waals surface area (Å²) in [7, 11) is 0. The Morgan fingerprint density at radius 3 is 2.33 bits per heavy atom. The lowest BCUT2D eigenvalue weighted by molar-refractivity contribution is -0.138. The average molecular weight is 425 g/mol. The van der Waals surface area contributed by atoms with Crippen molar-refractivity contribution in [2.45, 2.75) is 12.7 Å². The maximum Gasteiger partial charge on any atom is 0.416 e. The van der Waals surface area contributed by atoms with Crippen molar-refractivity contribution in [1.82, 2.24) is 0 Å². The van der Waals surface area contributed by atoms with Gasteiger partial charge in [0.1, 0.15) is 11.5 Å². The zero-order chi connectivity index (χ0) is 15.6. The van der Waals surface area contributed by atoms with E-state index in [1.165, 1.54) is 12.1 Å². The van der Waals surface area contributed by atoms with Crippen LogP contribution in [0.3, 0.4) is 0 Å². The highest BCUT2D eigenvalue weighted by molar-refractivity contribution is 9.11. The first-order chi connectivity index (χ1) is 9.81. The number of nitrogens with two attached hydrogens (primary N) is 1. The Bertz CT molecular complexity index is 659. The van der Waals surface area contributed by atoms with Crippen LogP contribution < -0.4 is 10.5 Å². The number of benzene rings is 2. The van der Waals surface area contributed by atoms with E-state index in [9.17, 15) is 13.2 Å². The fourth-order valence-electron chi connectivity index (χ4n) is 1.76. The predicted octanol–water partition coefficient (Wildman–Crippen LogP) is 5.48. The highest BCUT2D eigenvalue weighted by atomic mass is 79.9. The standard InChI is InChI=1S/C14H10Br2F3NO/c15-9-1-4-13(12(16)6-9)21-10-2-3-11(14(17,18)19)8(5-10)7-20/h1-6H,7,20H2. The van der Waals surface area contributed by atoms with Gasteiger partial charge in [-0.15, -0.1) is 0 Å². The van der Waals surface area contributed by atoms with E-state index >= 15 is 0 Å². The Labute approximate surface area is 136 Å². The first kappa shape index (κ1) is 16.3. The molecule has 2 rings (SSSR count). The van der Waals surface area contributed by atoms with Gasteiger partial charge in [-0.25, -0.2) is 0 Å². The third-order valence-electron chi connectivity index (χ3n) is 2.72. The molecule has 112 valence electrons. The molecule has 0 atom stereocenters. The molecule has 0 fully saturated rings. The van der Waals surface area contributed by atoms with E-state index in [4.69, 9.17) is 10.5 Å². The maximum absolute atomic E-state index is 12.8. The van der Waals surface area contributed by atoms with E-state index in [-0.39, 0.29) is 12.1 Å². The minimum atomic E-state index is -4.43. The van der Waals surface area contributed by atoms with Gasteiger partial charge in [0, 0.05) is 11.0 Å². The van der Waals surface area contributed by atoms with E-state index in [0.717, 1.165) is 10.5 Å². The number of hydrogen-bond acceptors (Lipinski definition) is 2. The quantitative estimate of drug-likeness (QED) is 0.707. The number of halogens is 5.